The van der Waals surface area contributed by atoms with Crippen LogP contribution in [0.4, 0.5) is 0 Å². The van der Waals surface area contributed by atoms with Crippen LogP contribution in [0.15, 0.2) is 182 Å². The van der Waals surface area contributed by atoms with E-state index in [-0.39, 0.29) is 29.7 Å². The standard InChI is InChI=1S/C48H30N2S/c1-4-14-31(15-5-1)32-24-26-43-39(28-32)40-29-33(25-27-44(40)49(43)34-16-6-2-7-17-34)38-30-41-36-20-10-12-22-42(36)50(35-18-8-3-9-19-35)47(41)46-37-21-11-13-23-45(37)51-48(38)46/h1-30H/i1D,4D,5D,14D,15D. The molecule has 11 rings (SSSR count). The van der Waals surface area contributed by atoms with E-state index in [1.54, 1.807) is 0 Å². The average molecular weight is 672 g/mol. The second-order valence-corrected chi connectivity index (χ2v) is 14.0. The SMILES string of the molecule is [2H]c1c([2H])c([2H])c(-c2ccc3c(c2)c2cc(-c4cc5c6ccccc6n(-c6ccccc6)c5c5c4sc4ccccc45)ccc2n3-c2ccccc2)c([2H])c1[2H]. The van der Waals surface area contributed by atoms with Crippen molar-refractivity contribution >= 4 is 75.1 Å². The number of hydrogen-bond acceptors (Lipinski definition) is 1. The first-order valence-corrected chi connectivity index (χ1v) is 17.8. The van der Waals surface area contributed by atoms with Crippen molar-refractivity contribution in [3.63, 3.8) is 0 Å². The Kier molecular flexibility index (Phi) is 5.17. The molecule has 0 saturated heterocycles. The molecule has 0 unspecified atom stereocenters. The minimum absolute atomic E-state index is 0.196. The number of fused-ring (bicyclic) bond motifs is 10. The summed E-state index contributed by atoms with van der Waals surface area (Å²) in [7, 11) is 0. The topological polar surface area (TPSA) is 9.86 Å². The summed E-state index contributed by atoms with van der Waals surface area (Å²) in [6.45, 7) is 0. The predicted octanol–water partition coefficient (Wildman–Crippen LogP) is 13.6. The normalized spacial score (nSPS) is 13.3. The maximum Gasteiger partial charge on any atom is 0.0634 e. The zero-order chi connectivity index (χ0) is 37.8. The quantitative estimate of drug-likeness (QED) is 0.176. The van der Waals surface area contributed by atoms with Crippen molar-refractivity contribution in [1.82, 2.24) is 9.13 Å². The van der Waals surface area contributed by atoms with Crippen LogP contribution in [-0.2, 0) is 0 Å². The summed E-state index contributed by atoms with van der Waals surface area (Å²) < 4.78 is 49.5. The van der Waals surface area contributed by atoms with Gasteiger partial charge in [-0.2, -0.15) is 0 Å². The summed E-state index contributed by atoms with van der Waals surface area (Å²) in [6, 6.07) is 51.6. The van der Waals surface area contributed by atoms with Gasteiger partial charge in [0.1, 0.15) is 0 Å². The number of benzene rings is 8. The summed E-state index contributed by atoms with van der Waals surface area (Å²) in [5.74, 6) is 0. The van der Waals surface area contributed by atoms with E-state index in [1.807, 2.05) is 47.7 Å². The van der Waals surface area contributed by atoms with Crippen LogP contribution in [0.5, 0.6) is 0 Å². The van der Waals surface area contributed by atoms with E-state index in [2.05, 4.69) is 124 Å². The summed E-state index contributed by atoms with van der Waals surface area (Å²) in [5.41, 5.74) is 9.46. The van der Waals surface area contributed by atoms with E-state index < -0.39 is 6.04 Å². The van der Waals surface area contributed by atoms with Crippen LogP contribution in [0.1, 0.15) is 6.85 Å². The molecule has 0 atom stereocenters. The third-order valence-electron chi connectivity index (χ3n) is 10.2. The van der Waals surface area contributed by atoms with Gasteiger partial charge in [0.15, 0.2) is 0 Å². The molecule has 0 bridgehead atoms. The third kappa shape index (κ3) is 4.22. The Balaban J connectivity index is 1.25. The van der Waals surface area contributed by atoms with Gasteiger partial charge in [0, 0.05) is 58.7 Å². The summed E-state index contributed by atoms with van der Waals surface area (Å²) in [5, 5.41) is 6.78. The van der Waals surface area contributed by atoms with Crippen LogP contribution >= 0.6 is 11.3 Å². The maximum absolute atomic E-state index is 8.75. The molecule has 3 aromatic heterocycles. The lowest BCUT2D eigenvalue weighted by molar-refractivity contribution is 1.18. The average Bonchev–Trinajstić information content (AvgIpc) is 3.90. The molecular formula is C48H30N2S. The number of nitrogens with zero attached hydrogens (tertiary/aromatic N) is 2. The van der Waals surface area contributed by atoms with Gasteiger partial charge in [-0.3, -0.25) is 0 Å². The zero-order valence-electron chi connectivity index (χ0n) is 32.2. The molecule has 0 N–H and O–H groups in total. The van der Waals surface area contributed by atoms with E-state index >= 15 is 0 Å². The molecule has 0 saturated carbocycles. The molecule has 0 aliphatic carbocycles. The maximum atomic E-state index is 8.75. The third-order valence-corrected chi connectivity index (χ3v) is 11.4. The number of hydrogen-bond donors (Lipinski definition) is 0. The van der Waals surface area contributed by atoms with Crippen molar-refractivity contribution in [2.24, 2.45) is 0 Å². The highest BCUT2D eigenvalue weighted by Crippen LogP contribution is 2.48. The van der Waals surface area contributed by atoms with Crippen molar-refractivity contribution in [1.29, 1.82) is 0 Å². The predicted molar refractivity (Wildman–Crippen MR) is 219 cm³/mol. The Morgan fingerprint density at radius 2 is 1.02 bits per heavy atom. The first-order valence-electron chi connectivity index (χ1n) is 19.5. The Labute approximate surface area is 305 Å². The molecule has 11 aromatic rings. The largest absolute Gasteiger partial charge is 0.309 e. The number of thiophene rings is 1. The molecule has 0 radical (unpaired) electrons. The number of rotatable bonds is 4. The van der Waals surface area contributed by atoms with Crippen LogP contribution in [0, 0.1) is 0 Å². The van der Waals surface area contributed by atoms with E-state index in [9.17, 15) is 0 Å². The van der Waals surface area contributed by atoms with Gasteiger partial charge in [-0.05, 0) is 83.4 Å². The highest BCUT2D eigenvalue weighted by molar-refractivity contribution is 7.26. The number of aromatic nitrogens is 2. The lowest BCUT2D eigenvalue weighted by Crippen LogP contribution is -1.94. The zero-order valence-corrected chi connectivity index (χ0v) is 28.1. The number of para-hydroxylation sites is 3. The molecule has 0 aliphatic rings. The fourth-order valence-corrected chi connectivity index (χ4v) is 9.24. The van der Waals surface area contributed by atoms with Gasteiger partial charge in [-0.25, -0.2) is 0 Å². The van der Waals surface area contributed by atoms with Crippen LogP contribution in [0.3, 0.4) is 0 Å². The molecule has 8 aromatic carbocycles. The molecule has 3 heteroatoms. The summed E-state index contributed by atoms with van der Waals surface area (Å²) in [4.78, 5) is 0. The van der Waals surface area contributed by atoms with Gasteiger partial charge in [-0.15, -0.1) is 11.3 Å². The van der Waals surface area contributed by atoms with Crippen LogP contribution in [0.25, 0.3) is 97.4 Å². The fourth-order valence-electron chi connectivity index (χ4n) is 7.99. The van der Waals surface area contributed by atoms with E-state index in [0.29, 0.717) is 5.56 Å². The van der Waals surface area contributed by atoms with Crippen molar-refractivity contribution < 1.29 is 6.85 Å². The van der Waals surface area contributed by atoms with Gasteiger partial charge in [0.05, 0.1) is 28.9 Å². The molecule has 0 spiro atoms. The lowest BCUT2D eigenvalue weighted by atomic mass is 9.97. The molecule has 3 heterocycles. The Bertz CT molecular complexity index is 3390. The highest BCUT2D eigenvalue weighted by Gasteiger charge is 2.22. The van der Waals surface area contributed by atoms with Crippen LogP contribution < -0.4 is 0 Å². The minimum Gasteiger partial charge on any atom is -0.309 e. The lowest BCUT2D eigenvalue weighted by Gasteiger charge is -2.11. The van der Waals surface area contributed by atoms with Crippen molar-refractivity contribution in [2.45, 2.75) is 0 Å². The molecule has 0 amide bonds. The Hall–Kier alpha value is -6.42. The first-order chi connectivity index (χ1) is 27.4. The van der Waals surface area contributed by atoms with Crippen LogP contribution in [0.2, 0.25) is 0 Å². The van der Waals surface area contributed by atoms with Crippen LogP contribution in [-0.4, -0.2) is 9.13 Å². The van der Waals surface area contributed by atoms with E-state index in [4.69, 9.17) is 6.85 Å². The Morgan fingerprint density at radius 1 is 0.431 bits per heavy atom. The fraction of sp³-hybridized carbons (Fsp3) is 0. The van der Waals surface area contributed by atoms with Crippen molar-refractivity contribution in [3.8, 4) is 33.6 Å². The van der Waals surface area contributed by atoms with Gasteiger partial charge in [0.2, 0.25) is 0 Å². The van der Waals surface area contributed by atoms with Crippen molar-refractivity contribution in [3.05, 3.63) is 182 Å². The summed E-state index contributed by atoms with van der Waals surface area (Å²) in [6.07, 6.45) is 0. The van der Waals surface area contributed by atoms with Gasteiger partial charge in [-0.1, -0.05) is 115 Å². The highest BCUT2D eigenvalue weighted by atomic mass is 32.1. The minimum atomic E-state index is -0.397. The molecular weight excluding hydrogens is 637 g/mol. The molecule has 238 valence electrons. The second-order valence-electron chi connectivity index (χ2n) is 12.9. The smallest absolute Gasteiger partial charge is 0.0634 e. The van der Waals surface area contributed by atoms with Crippen molar-refractivity contribution in [2.75, 3.05) is 0 Å². The van der Waals surface area contributed by atoms with Gasteiger partial charge in [0.25, 0.3) is 0 Å². The van der Waals surface area contributed by atoms with E-state index in [1.165, 1.54) is 36.5 Å². The molecule has 51 heavy (non-hydrogen) atoms. The molecule has 0 aliphatic heterocycles. The second kappa shape index (κ2) is 11.0. The van der Waals surface area contributed by atoms with E-state index in [0.717, 1.165) is 49.8 Å². The first kappa shape index (κ1) is 23.9. The Morgan fingerprint density at radius 3 is 1.76 bits per heavy atom. The monoisotopic (exact) mass is 671 g/mol. The van der Waals surface area contributed by atoms with Gasteiger partial charge < -0.3 is 9.13 Å². The molecule has 0 fully saturated rings. The van der Waals surface area contributed by atoms with Gasteiger partial charge >= 0.3 is 0 Å². The summed E-state index contributed by atoms with van der Waals surface area (Å²) >= 11 is 1.82. The molecule has 2 nitrogen and oxygen atoms in total.